The van der Waals surface area contributed by atoms with E-state index in [1.54, 1.807) is 14.2 Å². The van der Waals surface area contributed by atoms with Crippen LogP contribution in [0.3, 0.4) is 0 Å². The van der Waals surface area contributed by atoms with Crippen LogP contribution in [0.1, 0.15) is 25.3 Å². The number of rotatable bonds is 8. The van der Waals surface area contributed by atoms with E-state index in [9.17, 15) is 4.79 Å². The van der Waals surface area contributed by atoms with Gasteiger partial charge in [0.25, 0.3) is 0 Å². The number of carbonyl (C=O) groups is 1. The summed E-state index contributed by atoms with van der Waals surface area (Å²) in [6.45, 7) is 3.22. The zero-order valence-corrected chi connectivity index (χ0v) is 14.4. The molecule has 1 saturated carbocycles. The van der Waals surface area contributed by atoms with E-state index in [-0.39, 0.29) is 6.03 Å². The van der Waals surface area contributed by atoms with E-state index >= 15 is 0 Å². The molecule has 0 saturated heterocycles. The molecule has 1 fully saturated rings. The third-order valence-corrected chi connectivity index (χ3v) is 4.28. The minimum atomic E-state index is -0.157. The molecular weight excluding hydrogens is 294 g/mol. The summed E-state index contributed by atoms with van der Waals surface area (Å²) in [6, 6.07) is 6.49. The molecule has 1 atom stereocenters. The van der Waals surface area contributed by atoms with Gasteiger partial charge >= 0.3 is 6.03 Å². The molecule has 1 aliphatic carbocycles. The summed E-state index contributed by atoms with van der Waals surface area (Å²) in [4.78, 5) is 14.2. The predicted molar refractivity (Wildman–Crippen MR) is 90.0 cm³/mol. The summed E-state index contributed by atoms with van der Waals surface area (Å²) in [5.74, 6) is 1.34. The molecule has 23 heavy (non-hydrogen) atoms. The van der Waals surface area contributed by atoms with Crippen molar-refractivity contribution in [2.24, 2.45) is 0 Å². The molecule has 128 valence electrons. The van der Waals surface area contributed by atoms with Gasteiger partial charge in [0, 0.05) is 25.2 Å². The highest BCUT2D eigenvalue weighted by Gasteiger charge is 2.29. The lowest BCUT2D eigenvalue weighted by Gasteiger charge is -2.24. The highest BCUT2D eigenvalue weighted by molar-refractivity contribution is 5.73. The number of urea groups is 1. The number of nitrogens with one attached hydrogen (secondary N) is 2. The fourth-order valence-corrected chi connectivity index (χ4v) is 2.46. The maximum absolute atomic E-state index is 11.9. The minimum Gasteiger partial charge on any atom is -0.493 e. The number of carbonyl (C=O) groups excluding carboxylic acids is 1. The third kappa shape index (κ3) is 5.03. The van der Waals surface area contributed by atoms with Gasteiger partial charge in [0.1, 0.15) is 0 Å². The van der Waals surface area contributed by atoms with Crippen LogP contribution in [0.2, 0.25) is 0 Å². The molecule has 2 rings (SSSR count). The van der Waals surface area contributed by atoms with E-state index in [0.29, 0.717) is 36.7 Å². The molecule has 6 nitrogen and oxygen atoms in total. The van der Waals surface area contributed by atoms with Crippen molar-refractivity contribution >= 4 is 6.03 Å². The van der Waals surface area contributed by atoms with Gasteiger partial charge in [-0.25, -0.2) is 4.79 Å². The number of ether oxygens (including phenoxy) is 2. The van der Waals surface area contributed by atoms with Crippen LogP contribution in [0, 0.1) is 0 Å². The van der Waals surface area contributed by atoms with Crippen LogP contribution in [0.15, 0.2) is 18.2 Å². The molecule has 0 aromatic heterocycles. The number of hydrogen-bond donors (Lipinski definition) is 2. The van der Waals surface area contributed by atoms with E-state index in [1.165, 1.54) is 12.8 Å². The molecule has 1 aliphatic rings. The largest absolute Gasteiger partial charge is 0.493 e. The Morgan fingerprint density at radius 2 is 1.96 bits per heavy atom. The molecule has 0 aliphatic heterocycles. The van der Waals surface area contributed by atoms with Gasteiger partial charge in [-0.1, -0.05) is 6.07 Å². The minimum absolute atomic E-state index is 0.157. The SMILES string of the molecule is COc1ccc(CNC(=O)NCC(C)N(C)C2CC2)cc1OC. The van der Waals surface area contributed by atoms with Crippen molar-refractivity contribution in [3.05, 3.63) is 23.8 Å². The van der Waals surface area contributed by atoms with Crippen LogP contribution in [0.4, 0.5) is 4.79 Å². The van der Waals surface area contributed by atoms with Crippen molar-refractivity contribution in [1.82, 2.24) is 15.5 Å². The highest BCUT2D eigenvalue weighted by Crippen LogP contribution is 2.27. The summed E-state index contributed by atoms with van der Waals surface area (Å²) in [5, 5.41) is 5.78. The van der Waals surface area contributed by atoms with Crippen LogP contribution in [0.5, 0.6) is 11.5 Å². The summed E-state index contributed by atoms with van der Waals surface area (Å²) in [6.07, 6.45) is 2.54. The third-order valence-electron chi connectivity index (χ3n) is 4.28. The second kappa shape index (κ2) is 8.06. The molecule has 0 bridgehead atoms. The van der Waals surface area contributed by atoms with E-state index in [0.717, 1.165) is 5.56 Å². The monoisotopic (exact) mass is 321 g/mol. The first-order valence-corrected chi connectivity index (χ1v) is 7.99. The molecule has 0 spiro atoms. The molecule has 0 heterocycles. The molecule has 6 heteroatoms. The Morgan fingerprint density at radius 3 is 2.57 bits per heavy atom. The Kier molecular flexibility index (Phi) is 6.10. The van der Waals surface area contributed by atoms with E-state index in [2.05, 4.69) is 29.5 Å². The Labute approximate surface area is 138 Å². The first-order chi connectivity index (χ1) is 11.0. The highest BCUT2D eigenvalue weighted by atomic mass is 16.5. The van der Waals surface area contributed by atoms with Gasteiger partial charge in [-0.3, -0.25) is 4.90 Å². The summed E-state index contributed by atoms with van der Waals surface area (Å²) in [7, 11) is 5.31. The van der Waals surface area contributed by atoms with Crippen LogP contribution in [-0.4, -0.2) is 50.8 Å². The van der Waals surface area contributed by atoms with Crippen LogP contribution in [0.25, 0.3) is 0 Å². The Hall–Kier alpha value is -1.95. The number of methoxy groups -OCH3 is 2. The number of nitrogens with zero attached hydrogens (tertiary/aromatic N) is 1. The van der Waals surface area contributed by atoms with Crippen molar-refractivity contribution in [3.8, 4) is 11.5 Å². The fourth-order valence-electron chi connectivity index (χ4n) is 2.46. The quantitative estimate of drug-likeness (QED) is 0.768. The Bertz CT molecular complexity index is 532. The van der Waals surface area contributed by atoms with Gasteiger partial charge in [-0.15, -0.1) is 0 Å². The molecule has 2 N–H and O–H groups in total. The fraction of sp³-hybridized carbons (Fsp3) is 0.588. The second-order valence-electron chi connectivity index (χ2n) is 6.00. The van der Waals surface area contributed by atoms with Gasteiger partial charge < -0.3 is 20.1 Å². The van der Waals surface area contributed by atoms with Gasteiger partial charge in [0.2, 0.25) is 0 Å². The van der Waals surface area contributed by atoms with Crippen molar-refractivity contribution in [1.29, 1.82) is 0 Å². The summed E-state index contributed by atoms with van der Waals surface area (Å²) >= 11 is 0. The topological polar surface area (TPSA) is 62.8 Å². The maximum Gasteiger partial charge on any atom is 0.315 e. The van der Waals surface area contributed by atoms with Crippen LogP contribution >= 0.6 is 0 Å². The zero-order chi connectivity index (χ0) is 16.8. The number of amides is 2. The van der Waals surface area contributed by atoms with Crippen molar-refractivity contribution in [2.75, 3.05) is 27.8 Å². The standard InChI is InChI=1S/C17H27N3O3/c1-12(20(2)14-6-7-14)10-18-17(21)19-11-13-5-8-15(22-3)16(9-13)23-4/h5,8-9,12,14H,6-7,10-11H2,1-4H3,(H2,18,19,21). The average molecular weight is 321 g/mol. The number of benzene rings is 1. The van der Waals surface area contributed by atoms with E-state index in [4.69, 9.17) is 9.47 Å². The first kappa shape index (κ1) is 17.4. The van der Waals surface area contributed by atoms with E-state index in [1.807, 2.05) is 18.2 Å². The lowest BCUT2D eigenvalue weighted by molar-refractivity contribution is 0.222. The number of hydrogen-bond acceptors (Lipinski definition) is 4. The molecule has 0 radical (unpaired) electrons. The Balaban J connectivity index is 1.75. The normalized spacial score (nSPS) is 15.2. The summed E-state index contributed by atoms with van der Waals surface area (Å²) < 4.78 is 10.5. The van der Waals surface area contributed by atoms with Crippen LogP contribution < -0.4 is 20.1 Å². The average Bonchev–Trinajstić information content (AvgIpc) is 3.41. The number of likely N-dealkylation sites (N-methyl/N-ethyl adjacent to an activating group) is 1. The van der Waals surface area contributed by atoms with Crippen molar-refractivity contribution < 1.29 is 14.3 Å². The lowest BCUT2D eigenvalue weighted by atomic mass is 10.2. The maximum atomic E-state index is 11.9. The smallest absolute Gasteiger partial charge is 0.315 e. The zero-order valence-electron chi connectivity index (χ0n) is 14.4. The summed E-state index contributed by atoms with van der Waals surface area (Å²) in [5.41, 5.74) is 0.959. The van der Waals surface area contributed by atoms with Gasteiger partial charge in [-0.2, -0.15) is 0 Å². The van der Waals surface area contributed by atoms with E-state index < -0.39 is 0 Å². The van der Waals surface area contributed by atoms with Gasteiger partial charge in [0.15, 0.2) is 11.5 Å². The molecule has 1 aromatic rings. The second-order valence-corrected chi connectivity index (χ2v) is 6.00. The first-order valence-electron chi connectivity index (χ1n) is 7.99. The molecule has 2 amide bonds. The lowest BCUT2D eigenvalue weighted by Crippen LogP contribution is -2.44. The van der Waals surface area contributed by atoms with Gasteiger partial charge in [-0.05, 0) is 44.5 Å². The molecule has 1 unspecified atom stereocenters. The van der Waals surface area contributed by atoms with Crippen LogP contribution in [-0.2, 0) is 6.54 Å². The molecular formula is C17H27N3O3. The predicted octanol–water partition coefficient (Wildman–Crippen LogP) is 1.99. The van der Waals surface area contributed by atoms with Crippen molar-refractivity contribution in [2.45, 2.75) is 38.4 Å². The molecule has 1 aromatic carbocycles. The van der Waals surface area contributed by atoms with Gasteiger partial charge in [0.05, 0.1) is 14.2 Å². The van der Waals surface area contributed by atoms with Crippen molar-refractivity contribution in [3.63, 3.8) is 0 Å². The Morgan fingerprint density at radius 1 is 1.26 bits per heavy atom.